The fourth-order valence-corrected chi connectivity index (χ4v) is 3.26. The van der Waals surface area contributed by atoms with Crippen LogP contribution in [0.5, 0.6) is 5.75 Å². The maximum absolute atomic E-state index is 11.4. The summed E-state index contributed by atoms with van der Waals surface area (Å²) >= 11 is 0. The Labute approximate surface area is 154 Å². The number of phenols is 1. The standard InChI is InChI=1S/C19H26N2O4S/c1-19(2,12-14-7-5-4-6-8-14)20-13-18(23)15-9-10-17(22)16(11-15)21-26(3,24)25/h4-11,18,20-23H,12-13H2,1-3H3/t18-/m0/s1. The first kappa shape index (κ1) is 20.2. The molecule has 0 radical (unpaired) electrons. The van der Waals surface area contributed by atoms with Crippen molar-refractivity contribution in [2.45, 2.75) is 31.9 Å². The SMILES string of the molecule is CC(C)(Cc1ccccc1)NC[C@H](O)c1ccc(O)c(NS(C)(=O)=O)c1. The second-order valence-corrected chi connectivity index (χ2v) is 8.84. The van der Waals surface area contributed by atoms with Gasteiger partial charge in [-0.2, -0.15) is 0 Å². The van der Waals surface area contributed by atoms with Crippen LogP contribution in [0.1, 0.15) is 31.1 Å². The highest BCUT2D eigenvalue weighted by Crippen LogP contribution is 2.28. The van der Waals surface area contributed by atoms with E-state index in [9.17, 15) is 18.6 Å². The summed E-state index contributed by atoms with van der Waals surface area (Å²) in [7, 11) is -3.52. The number of β-amino-alcohol motifs (C(OH)–C–C–N with tert-alkyl or cyclic N) is 1. The quantitative estimate of drug-likeness (QED) is 0.529. The largest absolute Gasteiger partial charge is 0.506 e. The topological polar surface area (TPSA) is 98.7 Å². The lowest BCUT2D eigenvalue weighted by molar-refractivity contribution is 0.160. The van der Waals surface area contributed by atoms with Crippen molar-refractivity contribution < 1.29 is 18.6 Å². The van der Waals surface area contributed by atoms with Crippen LogP contribution in [0, 0.1) is 0 Å². The number of rotatable bonds is 8. The summed E-state index contributed by atoms with van der Waals surface area (Å²) in [6, 6.07) is 14.4. The molecule has 2 aromatic carbocycles. The minimum absolute atomic E-state index is 0.0487. The number of anilines is 1. The Morgan fingerprint density at radius 2 is 1.77 bits per heavy atom. The summed E-state index contributed by atoms with van der Waals surface area (Å²) in [5.41, 5.74) is 1.53. The van der Waals surface area contributed by atoms with Gasteiger partial charge in [0.15, 0.2) is 0 Å². The summed E-state index contributed by atoms with van der Waals surface area (Å²) in [5, 5.41) is 23.6. The van der Waals surface area contributed by atoms with Crippen LogP contribution in [0.3, 0.4) is 0 Å². The lowest BCUT2D eigenvalue weighted by Gasteiger charge is -2.28. The monoisotopic (exact) mass is 378 g/mol. The third-order valence-electron chi connectivity index (χ3n) is 3.96. The zero-order valence-corrected chi connectivity index (χ0v) is 16.0. The molecule has 142 valence electrons. The minimum Gasteiger partial charge on any atom is -0.506 e. The van der Waals surface area contributed by atoms with Crippen LogP contribution in [0.25, 0.3) is 0 Å². The molecule has 0 spiro atoms. The zero-order valence-electron chi connectivity index (χ0n) is 15.2. The Balaban J connectivity index is 2.03. The number of aliphatic hydroxyl groups excluding tert-OH is 1. The van der Waals surface area contributed by atoms with Crippen molar-refractivity contribution in [3.05, 3.63) is 59.7 Å². The number of hydrogen-bond donors (Lipinski definition) is 4. The van der Waals surface area contributed by atoms with E-state index in [-0.39, 0.29) is 17.0 Å². The molecule has 26 heavy (non-hydrogen) atoms. The molecule has 4 N–H and O–H groups in total. The highest BCUT2D eigenvalue weighted by molar-refractivity contribution is 7.92. The molecule has 2 rings (SSSR count). The molecule has 2 aromatic rings. The average molecular weight is 378 g/mol. The van der Waals surface area contributed by atoms with Crippen molar-refractivity contribution in [3.63, 3.8) is 0 Å². The van der Waals surface area contributed by atoms with E-state index in [2.05, 4.69) is 36.0 Å². The van der Waals surface area contributed by atoms with Gasteiger partial charge in [0.05, 0.1) is 18.0 Å². The molecule has 0 aliphatic heterocycles. The molecule has 0 fully saturated rings. The summed E-state index contributed by atoms with van der Waals surface area (Å²) in [6.45, 7) is 4.41. The van der Waals surface area contributed by atoms with Gasteiger partial charge in [-0.05, 0) is 43.5 Å². The lowest BCUT2D eigenvalue weighted by atomic mass is 9.94. The van der Waals surface area contributed by atoms with Gasteiger partial charge in [-0.25, -0.2) is 8.42 Å². The Bertz CT molecular complexity index is 836. The van der Waals surface area contributed by atoms with Crippen LogP contribution in [0.15, 0.2) is 48.5 Å². The minimum atomic E-state index is -3.52. The Morgan fingerprint density at radius 1 is 1.12 bits per heavy atom. The fraction of sp³-hybridized carbons (Fsp3) is 0.368. The van der Waals surface area contributed by atoms with Gasteiger partial charge in [-0.15, -0.1) is 0 Å². The molecule has 0 aromatic heterocycles. The van der Waals surface area contributed by atoms with E-state index in [4.69, 9.17) is 0 Å². The second-order valence-electron chi connectivity index (χ2n) is 7.09. The molecule has 7 heteroatoms. The number of phenolic OH excluding ortho intramolecular Hbond substituents is 1. The predicted octanol–water partition coefficient (Wildman–Crippen LogP) is 2.41. The van der Waals surface area contributed by atoms with E-state index in [0.717, 1.165) is 12.7 Å². The first-order valence-electron chi connectivity index (χ1n) is 8.33. The van der Waals surface area contributed by atoms with E-state index in [1.807, 2.05) is 18.2 Å². The van der Waals surface area contributed by atoms with Gasteiger partial charge < -0.3 is 15.5 Å². The maximum Gasteiger partial charge on any atom is 0.229 e. The molecule has 0 aliphatic rings. The number of aromatic hydroxyl groups is 1. The predicted molar refractivity (Wildman–Crippen MR) is 104 cm³/mol. The van der Waals surface area contributed by atoms with Crippen molar-refractivity contribution in [1.82, 2.24) is 5.32 Å². The van der Waals surface area contributed by atoms with E-state index in [1.165, 1.54) is 17.7 Å². The van der Waals surface area contributed by atoms with Crippen molar-refractivity contribution in [2.24, 2.45) is 0 Å². The molecule has 0 aliphatic carbocycles. The molecule has 0 saturated carbocycles. The van der Waals surface area contributed by atoms with E-state index >= 15 is 0 Å². The van der Waals surface area contributed by atoms with Gasteiger partial charge in [0.1, 0.15) is 5.75 Å². The Morgan fingerprint density at radius 3 is 2.38 bits per heavy atom. The van der Waals surface area contributed by atoms with Crippen LogP contribution in [0.4, 0.5) is 5.69 Å². The number of aliphatic hydroxyl groups is 1. The van der Waals surface area contributed by atoms with Gasteiger partial charge >= 0.3 is 0 Å². The van der Waals surface area contributed by atoms with Crippen LogP contribution in [0.2, 0.25) is 0 Å². The van der Waals surface area contributed by atoms with Crippen molar-refractivity contribution in [3.8, 4) is 5.75 Å². The Kier molecular flexibility index (Phi) is 6.28. The Hall–Kier alpha value is -2.09. The van der Waals surface area contributed by atoms with Crippen LogP contribution in [-0.2, 0) is 16.4 Å². The highest BCUT2D eigenvalue weighted by Gasteiger charge is 2.20. The van der Waals surface area contributed by atoms with E-state index in [0.29, 0.717) is 12.1 Å². The van der Waals surface area contributed by atoms with Crippen LogP contribution in [-0.4, -0.2) is 37.0 Å². The first-order chi connectivity index (χ1) is 12.1. The normalized spacial score (nSPS) is 13.4. The molecular formula is C19H26N2O4S. The van der Waals surface area contributed by atoms with E-state index < -0.39 is 16.1 Å². The molecule has 0 bridgehead atoms. The molecule has 0 unspecified atom stereocenters. The molecule has 0 saturated heterocycles. The lowest BCUT2D eigenvalue weighted by Crippen LogP contribution is -2.43. The van der Waals surface area contributed by atoms with E-state index in [1.54, 1.807) is 6.07 Å². The summed E-state index contributed by atoms with van der Waals surface area (Å²) in [6.07, 6.45) is 0.964. The molecular weight excluding hydrogens is 352 g/mol. The summed E-state index contributed by atoms with van der Waals surface area (Å²) in [4.78, 5) is 0. The van der Waals surface area contributed by atoms with Crippen LogP contribution >= 0.6 is 0 Å². The average Bonchev–Trinajstić information content (AvgIpc) is 2.54. The molecule has 0 amide bonds. The van der Waals surface area contributed by atoms with Crippen molar-refractivity contribution in [2.75, 3.05) is 17.5 Å². The van der Waals surface area contributed by atoms with Crippen molar-refractivity contribution >= 4 is 15.7 Å². The zero-order chi connectivity index (χ0) is 19.4. The number of benzene rings is 2. The molecule has 6 nitrogen and oxygen atoms in total. The van der Waals surface area contributed by atoms with Gasteiger partial charge in [0, 0.05) is 12.1 Å². The smallest absolute Gasteiger partial charge is 0.229 e. The van der Waals surface area contributed by atoms with Crippen LogP contribution < -0.4 is 10.0 Å². The second kappa shape index (κ2) is 8.07. The molecule has 0 heterocycles. The summed E-state index contributed by atoms with van der Waals surface area (Å²) < 4.78 is 25.0. The third-order valence-corrected chi connectivity index (χ3v) is 4.55. The number of nitrogens with one attached hydrogen (secondary N) is 2. The van der Waals surface area contributed by atoms with Crippen molar-refractivity contribution in [1.29, 1.82) is 0 Å². The van der Waals surface area contributed by atoms with Gasteiger partial charge in [0.2, 0.25) is 10.0 Å². The first-order valence-corrected chi connectivity index (χ1v) is 10.2. The van der Waals surface area contributed by atoms with Gasteiger partial charge in [-0.3, -0.25) is 4.72 Å². The summed E-state index contributed by atoms with van der Waals surface area (Å²) in [5.74, 6) is -0.191. The number of sulfonamides is 1. The maximum atomic E-state index is 11.4. The molecule has 1 atom stereocenters. The fourth-order valence-electron chi connectivity index (χ4n) is 2.70. The van der Waals surface area contributed by atoms with Gasteiger partial charge in [0.25, 0.3) is 0 Å². The number of hydrogen-bond acceptors (Lipinski definition) is 5. The van der Waals surface area contributed by atoms with Gasteiger partial charge in [-0.1, -0.05) is 36.4 Å². The highest BCUT2D eigenvalue weighted by atomic mass is 32.2. The third kappa shape index (κ3) is 6.33.